The number of aromatic amines is 1. The number of H-pyrrole nitrogens is 1. The van der Waals surface area contributed by atoms with Gasteiger partial charge in [0.1, 0.15) is 11.3 Å². The molecule has 0 atom stereocenters. The molecular formula is C24H15N5O3. The summed E-state index contributed by atoms with van der Waals surface area (Å²) in [5.74, 6) is 0.797. The zero-order valence-corrected chi connectivity index (χ0v) is 16.9. The Morgan fingerprint density at radius 1 is 0.812 bits per heavy atom. The molecule has 8 heteroatoms. The molecule has 2 aliphatic rings. The SMILES string of the molecule is COc1cccc2c(-n3c4nc(=O)[nH]c(=O)c-4nc4ccccc43)c3ccccc3nc12. The summed E-state index contributed by atoms with van der Waals surface area (Å²) in [5.41, 5.74) is 2.23. The number of benzene rings is 3. The lowest BCUT2D eigenvalue weighted by molar-refractivity contribution is 0.419. The molecule has 0 amide bonds. The molecule has 0 spiro atoms. The molecule has 0 fully saturated rings. The van der Waals surface area contributed by atoms with Crippen LogP contribution in [0.1, 0.15) is 0 Å². The van der Waals surface area contributed by atoms with Crippen molar-refractivity contribution in [3.63, 3.8) is 0 Å². The van der Waals surface area contributed by atoms with Crippen LogP contribution in [0, 0.1) is 0 Å². The molecule has 6 rings (SSSR count). The van der Waals surface area contributed by atoms with Gasteiger partial charge in [-0.05, 0) is 24.3 Å². The Balaban J connectivity index is 1.95. The summed E-state index contributed by atoms with van der Waals surface area (Å²) in [6, 6.07) is 20.8. The van der Waals surface area contributed by atoms with Crippen LogP contribution in [0.3, 0.4) is 0 Å². The van der Waals surface area contributed by atoms with Gasteiger partial charge < -0.3 is 4.74 Å². The highest BCUT2D eigenvalue weighted by Gasteiger charge is 2.23. The molecule has 0 aliphatic carbocycles. The monoisotopic (exact) mass is 421 g/mol. The largest absolute Gasteiger partial charge is 0.494 e. The standard InChI is InChI=1S/C24H15N5O3/c1-32-18-12-6-8-14-19(18)25-15-9-3-2-7-13(15)21(14)29-17-11-5-4-10-16(17)26-20-22(29)27-24(31)28-23(20)30/h2-12H,1H3,(H,28,30,31). The number of hydrogen-bond acceptors (Lipinski definition) is 6. The minimum Gasteiger partial charge on any atom is -0.494 e. The Kier molecular flexibility index (Phi) is 3.82. The maximum absolute atomic E-state index is 12.7. The van der Waals surface area contributed by atoms with Crippen molar-refractivity contribution in [3.8, 4) is 23.0 Å². The number of para-hydroxylation sites is 4. The van der Waals surface area contributed by atoms with Gasteiger partial charge in [0.05, 0.1) is 29.3 Å². The van der Waals surface area contributed by atoms with E-state index < -0.39 is 11.2 Å². The van der Waals surface area contributed by atoms with Crippen LogP contribution in [0.4, 0.5) is 0 Å². The number of nitrogens with one attached hydrogen (secondary N) is 1. The fourth-order valence-electron chi connectivity index (χ4n) is 4.17. The smallest absolute Gasteiger partial charge is 0.349 e. The van der Waals surface area contributed by atoms with Crippen LogP contribution in [0.15, 0.2) is 76.3 Å². The summed E-state index contributed by atoms with van der Waals surface area (Å²) >= 11 is 0. The van der Waals surface area contributed by atoms with E-state index in [0.717, 1.165) is 22.0 Å². The Bertz CT molecular complexity index is 1770. The fourth-order valence-corrected chi connectivity index (χ4v) is 4.17. The average Bonchev–Trinajstić information content (AvgIpc) is 2.81. The number of nitrogens with zero attached hydrogens (tertiary/aromatic N) is 4. The van der Waals surface area contributed by atoms with Crippen LogP contribution < -0.4 is 16.0 Å². The van der Waals surface area contributed by atoms with Crippen LogP contribution in [0.25, 0.3) is 50.0 Å². The van der Waals surface area contributed by atoms with Gasteiger partial charge in [-0.15, -0.1) is 0 Å². The molecule has 4 aromatic rings. The average molecular weight is 421 g/mol. The first-order valence-electron chi connectivity index (χ1n) is 9.93. The number of methoxy groups -OCH3 is 1. The Hall–Kier alpha value is -4.59. The minimum absolute atomic E-state index is 0.0836. The lowest BCUT2D eigenvalue weighted by atomic mass is 10.1. The predicted octanol–water partition coefficient (Wildman–Crippen LogP) is 3.28. The first kappa shape index (κ1) is 18.2. The van der Waals surface area contributed by atoms with Crippen molar-refractivity contribution in [2.45, 2.75) is 0 Å². The molecule has 1 N–H and O–H groups in total. The number of fused-ring (bicyclic) bond motifs is 4. The summed E-state index contributed by atoms with van der Waals surface area (Å²) in [6.07, 6.45) is 0. The first-order valence-corrected chi connectivity index (χ1v) is 9.93. The first-order chi connectivity index (χ1) is 15.7. The maximum atomic E-state index is 12.7. The molecule has 0 radical (unpaired) electrons. The van der Waals surface area contributed by atoms with Gasteiger partial charge in [-0.2, -0.15) is 4.98 Å². The van der Waals surface area contributed by atoms with E-state index in [2.05, 4.69) is 15.0 Å². The van der Waals surface area contributed by atoms with Gasteiger partial charge in [0.25, 0.3) is 5.56 Å². The van der Waals surface area contributed by atoms with Crippen molar-refractivity contribution in [3.05, 3.63) is 87.6 Å². The van der Waals surface area contributed by atoms with Crippen molar-refractivity contribution >= 4 is 32.8 Å². The molecule has 1 aromatic heterocycles. The van der Waals surface area contributed by atoms with Crippen molar-refractivity contribution < 1.29 is 4.74 Å². The van der Waals surface area contributed by atoms with E-state index in [4.69, 9.17) is 9.72 Å². The second-order valence-electron chi connectivity index (χ2n) is 7.31. The zero-order valence-electron chi connectivity index (χ0n) is 16.9. The highest BCUT2D eigenvalue weighted by atomic mass is 16.5. The summed E-state index contributed by atoms with van der Waals surface area (Å²) in [5, 5.41) is 1.63. The molecule has 2 aliphatic heterocycles. The van der Waals surface area contributed by atoms with E-state index >= 15 is 0 Å². The van der Waals surface area contributed by atoms with Crippen LogP contribution in [0.5, 0.6) is 5.75 Å². The predicted molar refractivity (Wildman–Crippen MR) is 122 cm³/mol. The van der Waals surface area contributed by atoms with Gasteiger partial charge in [-0.25, -0.2) is 14.8 Å². The van der Waals surface area contributed by atoms with Gasteiger partial charge in [0.15, 0.2) is 11.5 Å². The summed E-state index contributed by atoms with van der Waals surface area (Å²) < 4.78 is 7.40. The van der Waals surface area contributed by atoms with Crippen LogP contribution in [-0.4, -0.2) is 31.6 Å². The molecule has 0 unspecified atom stereocenters. The third kappa shape index (κ3) is 2.53. The van der Waals surface area contributed by atoms with Gasteiger partial charge in [0, 0.05) is 10.8 Å². The fraction of sp³-hybridized carbons (Fsp3) is 0.0417. The normalized spacial score (nSPS) is 11.5. The third-order valence-electron chi connectivity index (χ3n) is 5.51. The highest BCUT2D eigenvalue weighted by Crippen LogP contribution is 2.37. The minimum atomic E-state index is -0.728. The number of hydrogen-bond donors (Lipinski definition) is 1. The summed E-state index contributed by atoms with van der Waals surface area (Å²) in [6.45, 7) is 0. The molecule has 0 bridgehead atoms. The van der Waals surface area contributed by atoms with E-state index in [1.54, 1.807) is 7.11 Å². The van der Waals surface area contributed by atoms with Gasteiger partial charge in [-0.1, -0.05) is 42.5 Å². The molecule has 32 heavy (non-hydrogen) atoms. The van der Waals surface area contributed by atoms with Crippen molar-refractivity contribution in [2.24, 2.45) is 0 Å². The summed E-state index contributed by atoms with van der Waals surface area (Å²) in [7, 11) is 1.60. The third-order valence-corrected chi connectivity index (χ3v) is 5.51. The van der Waals surface area contributed by atoms with E-state index in [1.807, 2.05) is 71.3 Å². The van der Waals surface area contributed by atoms with Crippen LogP contribution in [0.2, 0.25) is 0 Å². The number of rotatable bonds is 2. The molecular weight excluding hydrogens is 406 g/mol. The van der Waals surface area contributed by atoms with Gasteiger partial charge >= 0.3 is 5.69 Å². The van der Waals surface area contributed by atoms with Crippen molar-refractivity contribution in [2.75, 3.05) is 7.11 Å². The van der Waals surface area contributed by atoms with Crippen molar-refractivity contribution in [1.29, 1.82) is 0 Å². The Labute approximate surface area is 180 Å². The van der Waals surface area contributed by atoms with Crippen molar-refractivity contribution in [1.82, 2.24) is 24.5 Å². The number of aromatic nitrogens is 5. The summed E-state index contributed by atoms with van der Waals surface area (Å²) in [4.78, 5) is 40.6. The van der Waals surface area contributed by atoms with Gasteiger partial charge in [-0.3, -0.25) is 14.3 Å². The van der Waals surface area contributed by atoms with E-state index in [-0.39, 0.29) is 11.5 Å². The number of ether oxygens (including phenoxy) is 1. The van der Waals surface area contributed by atoms with E-state index in [0.29, 0.717) is 22.3 Å². The second-order valence-corrected chi connectivity index (χ2v) is 7.31. The molecule has 3 heterocycles. The van der Waals surface area contributed by atoms with Crippen LogP contribution in [-0.2, 0) is 0 Å². The Morgan fingerprint density at radius 3 is 2.41 bits per heavy atom. The Morgan fingerprint density at radius 2 is 1.56 bits per heavy atom. The maximum Gasteiger partial charge on any atom is 0.349 e. The molecule has 0 saturated carbocycles. The van der Waals surface area contributed by atoms with E-state index in [9.17, 15) is 9.59 Å². The van der Waals surface area contributed by atoms with E-state index in [1.165, 1.54) is 0 Å². The zero-order chi connectivity index (χ0) is 21.8. The number of pyridine rings is 1. The molecule has 3 aromatic carbocycles. The highest BCUT2D eigenvalue weighted by molar-refractivity contribution is 6.06. The second kappa shape index (κ2) is 6.71. The molecule has 154 valence electrons. The quantitative estimate of drug-likeness (QED) is 0.431. The lowest BCUT2D eigenvalue weighted by Crippen LogP contribution is -2.28. The molecule has 0 saturated heterocycles. The van der Waals surface area contributed by atoms with Crippen LogP contribution >= 0.6 is 0 Å². The molecule has 8 nitrogen and oxygen atoms in total. The topological polar surface area (TPSA) is 103 Å². The lowest BCUT2D eigenvalue weighted by Gasteiger charge is -2.20. The van der Waals surface area contributed by atoms with Gasteiger partial charge in [0.2, 0.25) is 0 Å².